The number of likely N-dealkylation sites (tertiary alicyclic amines) is 2. The second kappa shape index (κ2) is 11.5. The molecular formula is C20H38IN5O2. The second-order valence-electron chi connectivity index (χ2n) is 8.24. The van der Waals surface area contributed by atoms with Gasteiger partial charge < -0.3 is 20.3 Å². The van der Waals surface area contributed by atoms with Crippen LogP contribution in [0.25, 0.3) is 0 Å². The van der Waals surface area contributed by atoms with E-state index in [4.69, 9.17) is 4.74 Å². The monoisotopic (exact) mass is 507 g/mol. The first-order valence-corrected chi connectivity index (χ1v) is 10.7. The fourth-order valence-corrected chi connectivity index (χ4v) is 4.84. The lowest BCUT2D eigenvalue weighted by atomic mass is 9.88. The van der Waals surface area contributed by atoms with Crippen molar-refractivity contribution in [1.29, 1.82) is 0 Å². The predicted molar refractivity (Wildman–Crippen MR) is 123 cm³/mol. The molecule has 3 heterocycles. The van der Waals surface area contributed by atoms with Gasteiger partial charge in [-0.15, -0.1) is 24.0 Å². The van der Waals surface area contributed by atoms with Gasteiger partial charge in [0, 0.05) is 58.9 Å². The molecule has 0 bridgehead atoms. The van der Waals surface area contributed by atoms with Gasteiger partial charge in [0.05, 0.1) is 0 Å². The molecule has 1 amide bonds. The van der Waals surface area contributed by atoms with Gasteiger partial charge >= 0.3 is 0 Å². The smallest absolute Gasteiger partial charge is 0.220 e. The average Bonchev–Trinajstić information content (AvgIpc) is 3.26. The third-order valence-corrected chi connectivity index (χ3v) is 6.65. The van der Waals surface area contributed by atoms with Crippen molar-refractivity contribution >= 4 is 35.8 Å². The predicted octanol–water partition coefficient (Wildman–Crippen LogP) is 1.67. The number of halogens is 1. The zero-order chi connectivity index (χ0) is 19.1. The third kappa shape index (κ3) is 5.95. The lowest BCUT2D eigenvalue weighted by Crippen LogP contribution is -2.59. The van der Waals surface area contributed by atoms with Crippen LogP contribution in [0.5, 0.6) is 0 Å². The Bertz CT molecular complexity index is 511. The normalized spacial score (nSPS) is 23.9. The van der Waals surface area contributed by atoms with Gasteiger partial charge in [-0.1, -0.05) is 0 Å². The molecule has 0 aromatic heterocycles. The Morgan fingerprint density at radius 3 is 2.36 bits per heavy atom. The van der Waals surface area contributed by atoms with E-state index in [0.717, 1.165) is 64.5 Å². The van der Waals surface area contributed by atoms with Gasteiger partial charge in [-0.2, -0.15) is 0 Å². The minimum absolute atomic E-state index is 0. The molecule has 0 radical (unpaired) electrons. The molecule has 8 heteroatoms. The Labute approximate surface area is 187 Å². The van der Waals surface area contributed by atoms with Crippen molar-refractivity contribution in [2.75, 3.05) is 60.0 Å². The van der Waals surface area contributed by atoms with Gasteiger partial charge in [-0.05, 0) is 57.5 Å². The molecule has 7 nitrogen and oxygen atoms in total. The quantitative estimate of drug-likeness (QED) is 0.337. The van der Waals surface area contributed by atoms with Crippen molar-refractivity contribution in [1.82, 2.24) is 20.4 Å². The fraction of sp³-hybridized carbons (Fsp3) is 0.900. The van der Waals surface area contributed by atoms with Crippen LogP contribution >= 0.6 is 24.0 Å². The number of aliphatic imine (C=N–C) groups is 1. The van der Waals surface area contributed by atoms with Gasteiger partial charge in [0.25, 0.3) is 0 Å². The molecule has 3 saturated heterocycles. The van der Waals surface area contributed by atoms with Gasteiger partial charge in [0.2, 0.25) is 5.91 Å². The van der Waals surface area contributed by atoms with E-state index in [1.54, 1.807) is 7.05 Å². The molecule has 28 heavy (non-hydrogen) atoms. The van der Waals surface area contributed by atoms with Crippen LogP contribution in [0.15, 0.2) is 4.99 Å². The molecule has 0 aromatic rings. The highest BCUT2D eigenvalue weighted by Crippen LogP contribution is 2.31. The number of hydrogen-bond acceptors (Lipinski definition) is 4. The van der Waals surface area contributed by atoms with Crippen LogP contribution < -0.4 is 10.6 Å². The SMILES string of the molecule is CN=C(NCC1(N2CCCC2)CCOCC1)N1CCC(CC(=O)NC)CC1.I. The highest BCUT2D eigenvalue weighted by molar-refractivity contribution is 14.0. The number of guanidine groups is 1. The van der Waals surface area contributed by atoms with Crippen LogP contribution in [0.3, 0.4) is 0 Å². The zero-order valence-corrected chi connectivity index (χ0v) is 19.9. The van der Waals surface area contributed by atoms with Crippen LogP contribution in [0, 0.1) is 5.92 Å². The van der Waals surface area contributed by atoms with E-state index in [9.17, 15) is 4.79 Å². The van der Waals surface area contributed by atoms with Gasteiger partial charge in [0.1, 0.15) is 0 Å². The number of ether oxygens (including phenoxy) is 1. The number of rotatable bonds is 5. The first-order valence-electron chi connectivity index (χ1n) is 10.7. The van der Waals surface area contributed by atoms with Crippen molar-refractivity contribution in [2.24, 2.45) is 10.9 Å². The highest BCUT2D eigenvalue weighted by Gasteiger charge is 2.40. The zero-order valence-electron chi connectivity index (χ0n) is 17.5. The third-order valence-electron chi connectivity index (χ3n) is 6.65. The van der Waals surface area contributed by atoms with E-state index in [0.29, 0.717) is 12.3 Å². The van der Waals surface area contributed by atoms with E-state index >= 15 is 0 Å². The van der Waals surface area contributed by atoms with Crippen molar-refractivity contribution < 1.29 is 9.53 Å². The summed E-state index contributed by atoms with van der Waals surface area (Å²) in [5.74, 6) is 1.66. The molecule has 0 atom stereocenters. The summed E-state index contributed by atoms with van der Waals surface area (Å²) in [7, 11) is 3.60. The van der Waals surface area contributed by atoms with Crippen LogP contribution in [-0.4, -0.2) is 87.2 Å². The molecule has 0 spiro atoms. The van der Waals surface area contributed by atoms with E-state index in [1.165, 1.54) is 25.9 Å². The Kier molecular flexibility index (Phi) is 9.76. The van der Waals surface area contributed by atoms with E-state index < -0.39 is 0 Å². The van der Waals surface area contributed by atoms with Crippen molar-refractivity contribution in [3.8, 4) is 0 Å². The molecule has 2 N–H and O–H groups in total. The summed E-state index contributed by atoms with van der Waals surface area (Å²) in [5.41, 5.74) is 0.211. The number of piperidine rings is 1. The number of nitrogens with one attached hydrogen (secondary N) is 2. The first-order chi connectivity index (χ1) is 13.2. The van der Waals surface area contributed by atoms with Gasteiger partial charge in [-0.3, -0.25) is 14.7 Å². The number of nitrogens with zero attached hydrogens (tertiary/aromatic N) is 3. The molecule has 3 aliphatic heterocycles. The van der Waals surface area contributed by atoms with Crippen LogP contribution in [0.4, 0.5) is 0 Å². The topological polar surface area (TPSA) is 69.2 Å². The minimum Gasteiger partial charge on any atom is -0.381 e. The molecule has 3 aliphatic rings. The molecule has 3 rings (SSSR count). The molecule has 0 aliphatic carbocycles. The molecule has 0 saturated carbocycles. The number of amides is 1. The van der Waals surface area contributed by atoms with Crippen molar-refractivity contribution in [3.05, 3.63) is 0 Å². The summed E-state index contributed by atoms with van der Waals surface area (Å²) in [6.45, 7) is 7.04. The Hall–Kier alpha value is -0.610. The highest BCUT2D eigenvalue weighted by atomic mass is 127. The lowest BCUT2D eigenvalue weighted by Gasteiger charge is -2.45. The number of carbonyl (C=O) groups is 1. The summed E-state index contributed by atoms with van der Waals surface area (Å²) < 4.78 is 5.66. The summed E-state index contributed by atoms with van der Waals surface area (Å²) in [6, 6.07) is 0. The summed E-state index contributed by atoms with van der Waals surface area (Å²) in [4.78, 5) is 21.2. The Morgan fingerprint density at radius 1 is 1.14 bits per heavy atom. The maximum atomic E-state index is 11.6. The Morgan fingerprint density at radius 2 is 1.79 bits per heavy atom. The van der Waals surface area contributed by atoms with Crippen LogP contribution in [0.2, 0.25) is 0 Å². The van der Waals surface area contributed by atoms with Crippen molar-refractivity contribution in [3.63, 3.8) is 0 Å². The summed E-state index contributed by atoms with van der Waals surface area (Å²) in [6.07, 6.45) is 7.59. The molecule has 3 fully saturated rings. The molecule has 0 aromatic carbocycles. The van der Waals surface area contributed by atoms with Crippen LogP contribution in [-0.2, 0) is 9.53 Å². The van der Waals surface area contributed by atoms with Crippen LogP contribution in [0.1, 0.15) is 44.9 Å². The number of carbonyl (C=O) groups excluding carboxylic acids is 1. The standard InChI is InChI=1S/C20H37N5O2.HI/c1-21-18(26)15-17-5-11-24(12-6-17)19(22-2)23-16-20(7-13-27-14-8-20)25-9-3-4-10-25;/h17H,3-16H2,1-2H3,(H,21,26)(H,22,23);1H. The number of hydrogen-bond donors (Lipinski definition) is 2. The van der Waals surface area contributed by atoms with E-state index in [-0.39, 0.29) is 35.4 Å². The van der Waals surface area contributed by atoms with Crippen molar-refractivity contribution in [2.45, 2.75) is 50.5 Å². The van der Waals surface area contributed by atoms with Gasteiger partial charge in [0.15, 0.2) is 5.96 Å². The van der Waals surface area contributed by atoms with E-state index in [1.807, 2.05) is 7.05 Å². The molecule has 0 unspecified atom stereocenters. The molecule has 162 valence electrons. The lowest BCUT2D eigenvalue weighted by molar-refractivity contribution is -0.121. The first kappa shape index (κ1) is 23.7. The minimum atomic E-state index is 0. The maximum Gasteiger partial charge on any atom is 0.220 e. The largest absolute Gasteiger partial charge is 0.381 e. The summed E-state index contributed by atoms with van der Waals surface area (Å²) in [5, 5.41) is 6.43. The Balaban J connectivity index is 0.00000280. The summed E-state index contributed by atoms with van der Waals surface area (Å²) >= 11 is 0. The van der Waals surface area contributed by atoms with Gasteiger partial charge in [-0.25, -0.2) is 0 Å². The average molecular weight is 507 g/mol. The second-order valence-corrected chi connectivity index (χ2v) is 8.24. The molecular weight excluding hydrogens is 469 g/mol. The maximum absolute atomic E-state index is 11.6. The van der Waals surface area contributed by atoms with E-state index in [2.05, 4.69) is 25.4 Å². The fourth-order valence-electron chi connectivity index (χ4n) is 4.84.